The first-order chi connectivity index (χ1) is 13.9. The summed E-state index contributed by atoms with van der Waals surface area (Å²) in [5.74, 6) is -0.351. The van der Waals surface area contributed by atoms with E-state index in [2.05, 4.69) is 0 Å². The first-order valence-electron chi connectivity index (χ1n) is 8.92. The third-order valence-electron chi connectivity index (χ3n) is 4.99. The molecule has 0 aromatic heterocycles. The number of benzene rings is 4. The summed E-state index contributed by atoms with van der Waals surface area (Å²) in [6, 6.07) is 16.5. The third kappa shape index (κ3) is 3.45. The van der Waals surface area contributed by atoms with E-state index in [0.29, 0.717) is 32.5 Å². The molecule has 146 valence electrons. The van der Waals surface area contributed by atoms with Crippen molar-refractivity contribution in [2.24, 2.45) is 0 Å². The number of ether oxygens (including phenoxy) is 1. The summed E-state index contributed by atoms with van der Waals surface area (Å²) in [5.41, 5.74) is 3.02. The Hall–Kier alpha value is -2.62. The predicted molar refractivity (Wildman–Crippen MR) is 116 cm³/mol. The molecule has 0 N–H and O–H groups in total. The Labute approximate surface area is 177 Å². The molecule has 0 aliphatic rings. The minimum absolute atomic E-state index is 0.310. The lowest BCUT2D eigenvalue weighted by Crippen LogP contribution is -1.95. The summed E-state index contributed by atoms with van der Waals surface area (Å²) in [5, 5.41) is 2.18. The molecule has 0 aliphatic carbocycles. The van der Waals surface area contributed by atoms with Crippen molar-refractivity contribution in [3.05, 3.63) is 87.9 Å². The highest BCUT2D eigenvalue weighted by atomic mass is 35.5. The van der Waals surface area contributed by atoms with Crippen molar-refractivity contribution in [2.45, 2.75) is 6.92 Å². The summed E-state index contributed by atoms with van der Waals surface area (Å²) >= 11 is 11.9. The standard InChI is InChI=1S/C24H16Cl2F2O/c1-13-3-6-17-16(23(13)18-7-4-14(25)11-20(18)27)9-10-22(29-2)24(17)19-8-5-15(26)12-21(19)28/h3-12H,1-2H3. The van der Waals surface area contributed by atoms with Crippen LogP contribution in [0.5, 0.6) is 5.75 Å². The Balaban J connectivity index is 2.10. The second kappa shape index (κ2) is 7.66. The molecule has 4 aromatic rings. The highest BCUT2D eigenvalue weighted by Gasteiger charge is 2.19. The van der Waals surface area contributed by atoms with E-state index >= 15 is 0 Å². The number of rotatable bonds is 3. The van der Waals surface area contributed by atoms with Crippen LogP contribution in [0.25, 0.3) is 33.0 Å². The molecule has 4 rings (SSSR count). The molecule has 1 nitrogen and oxygen atoms in total. The van der Waals surface area contributed by atoms with E-state index in [1.54, 1.807) is 30.3 Å². The van der Waals surface area contributed by atoms with Gasteiger partial charge >= 0.3 is 0 Å². The smallest absolute Gasteiger partial charge is 0.132 e. The molecule has 0 bridgehead atoms. The van der Waals surface area contributed by atoms with E-state index in [9.17, 15) is 8.78 Å². The maximum Gasteiger partial charge on any atom is 0.132 e. The Bertz CT molecular complexity index is 1250. The minimum atomic E-state index is -0.455. The second-order valence-corrected chi connectivity index (χ2v) is 7.62. The van der Waals surface area contributed by atoms with Crippen molar-refractivity contribution in [3.63, 3.8) is 0 Å². The first-order valence-corrected chi connectivity index (χ1v) is 9.67. The van der Waals surface area contributed by atoms with Crippen LogP contribution in [0.4, 0.5) is 8.78 Å². The highest BCUT2D eigenvalue weighted by molar-refractivity contribution is 6.31. The van der Waals surface area contributed by atoms with Gasteiger partial charge in [0.25, 0.3) is 0 Å². The lowest BCUT2D eigenvalue weighted by Gasteiger charge is -2.17. The van der Waals surface area contributed by atoms with Crippen LogP contribution in [-0.2, 0) is 0 Å². The molecule has 0 radical (unpaired) electrons. The van der Waals surface area contributed by atoms with Crippen molar-refractivity contribution in [1.82, 2.24) is 0 Å². The van der Waals surface area contributed by atoms with Gasteiger partial charge in [-0.05, 0) is 71.3 Å². The van der Waals surface area contributed by atoms with Crippen molar-refractivity contribution in [1.29, 1.82) is 0 Å². The topological polar surface area (TPSA) is 9.23 Å². The Morgan fingerprint density at radius 3 is 1.76 bits per heavy atom. The van der Waals surface area contributed by atoms with E-state index in [1.807, 2.05) is 25.1 Å². The number of hydrogen-bond acceptors (Lipinski definition) is 1. The fourth-order valence-electron chi connectivity index (χ4n) is 3.68. The summed E-state index contributed by atoms with van der Waals surface area (Å²) in [4.78, 5) is 0. The van der Waals surface area contributed by atoms with Gasteiger partial charge in [0.05, 0.1) is 7.11 Å². The number of aryl methyl sites for hydroxylation is 1. The number of methoxy groups -OCH3 is 1. The minimum Gasteiger partial charge on any atom is -0.496 e. The maximum absolute atomic E-state index is 14.8. The van der Waals surface area contributed by atoms with Crippen molar-refractivity contribution >= 4 is 34.0 Å². The van der Waals surface area contributed by atoms with Crippen LogP contribution < -0.4 is 4.74 Å². The molecule has 0 fully saturated rings. The number of fused-ring (bicyclic) bond motifs is 1. The highest BCUT2D eigenvalue weighted by Crippen LogP contribution is 2.43. The molecule has 0 atom stereocenters. The van der Waals surface area contributed by atoms with Crippen LogP contribution >= 0.6 is 23.2 Å². The largest absolute Gasteiger partial charge is 0.496 e. The number of halogens is 4. The monoisotopic (exact) mass is 428 g/mol. The van der Waals surface area contributed by atoms with Gasteiger partial charge in [0, 0.05) is 26.7 Å². The van der Waals surface area contributed by atoms with Crippen LogP contribution in [0, 0.1) is 18.6 Å². The maximum atomic E-state index is 14.8. The van der Waals surface area contributed by atoms with Crippen LogP contribution in [0.15, 0.2) is 60.7 Å². The van der Waals surface area contributed by atoms with Gasteiger partial charge in [0.2, 0.25) is 0 Å². The van der Waals surface area contributed by atoms with Gasteiger partial charge in [-0.2, -0.15) is 0 Å². The molecule has 0 amide bonds. The molecule has 0 saturated heterocycles. The van der Waals surface area contributed by atoms with E-state index in [1.165, 1.54) is 19.2 Å². The van der Waals surface area contributed by atoms with Gasteiger partial charge in [0.1, 0.15) is 17.4 Å². The van der Waals surface area contributed by atoms with E-state index in [0.717, 1.165) is 21.9 Å². The van der Waals surface area contributed by atoms with E-state index in [-0.39, 0.29) is 0 Å². The van der Waals surface area contributed by atoms with Gasteiger partial charge in [-0.1, -0.05) is 41.4 Å². The fourth-order valence-corrected chi connectivity index (χ4v) is 4.00. The zero-order valence-corrected chi connectivity index (χ0v) is 17.2. The van der Waals surface area contributed by atoms with E-state index < -0.39 is 11.6 Å². The summed E-state index contributed by atoms with van der Waals surface area (Å²) in [6.07, 6.45) is 0. The first kappa shape index (κ1) is 19.7. The number of hydrogen-bond donors (Lipinski definition) is 0. The van der Waals surface area contributed by atoms with Crippen LogP contribution in [0.2, 0.25) is 10.0 Å². The molecule has 0 heterocycles. The SMILES string of the molecule is COc1ccc2c(-c3ccc(Cl)cc3F)c(C)ccc2c1-c1ccc(Cl)cc1F. The van der Waals surface area contributed by atoms with Gasteiger partial charge in [-0.25, -0.2) is 8.78 Å². The lowest BCUT2D eigenvalue weighted by atomic mass is 9.89. The van der Waals surface area contributed by atoms with Crippen molar-refractivity contribution in [2.75, 3.05) is 7.11 Å². The average molecular weight is 429 g/mol. The van der Waals surface area contributed by atoms with Gasteiger partial charge in [-0.3, -0.25) is 0 Å². The summed E-state index contributed by atoms with van der Waals surface area (Å²) in [7, 11) is 1.53. The molecule has 0 aliphatic heterocycles. The lowest BCUT2D eigenvalue weighted by molar-refractivity contribution is 0.416. The normalized spacial score (nSPS) is 11.1. The zero-order chi connectivity index (χ0) is 20.7. The Morgan fingerprint density at radius 2 is 1.21 bits per heavy atom. The van der Waals surface area contributed by atoms with E-state index in [4.69, 9.17) is 27.9 Å². The van der Waals surface area contributed by atoms with Crippen LogP contribution in [0.1, 0.15) is 5.56 Å². The Kier molecular flexibility index (Phi) is 5.20. The second-order valence-electron chi connectivity index (χ2n) is 6.74. The van der Waals surface area contributed by atoms with Crippen molar-refractivity contribution in [3.8, 4) is 28.0 Å². The van der Waals surface area contributed by atoms with Crippen molar-refractivity contribution < 1.29 is 13.5 Å². The zero-order valence-electron chi connectivity index (χ0n) is 15.7. The molecule has 5 heteroatoms. The molecular weight excluding hydrogens is 413 g/mol. The Morgan fingerprint density at radius 1 is 0.690 bits per heavy atom. The van der Waals surface area contributed by atoms with Gasteiger partial charge in [-0.15, -0.1) is 0 Å². The summed E-state index contributed by atoms with van der Waals surface area (Å²) in [6.45, 7) is 1.91. The van der Waals surface area contributed by atoms with Gasteiger partial charge in [0.15, 0.2) is 0 Å². The molecule has 0 unspecified atom stereocenters. The molecular formula is C24H16Cl2F2O. The fraction of sp³-hybridized carbons (Fsp3) is 0.0833. The quantitative estimate of drug-likeness (QED) is 0.320. The van der Waals surface area contributed by atoms with Crippen LogP contribution in [-0.4, -0.2) is 7.11 Å². The molecule has 29 heavy (non-hydrogen) atoms. The van der Waals surface area contributed by atoms with Gasteiger partial charge < -0.3 is 4.74 Å². The average Bonchev–Trinajstić information content (AvgIpc) is 2.68. The summed E-state index contributed by atoms with van der Waals surface area (Å²) < 4.78 is 35.0. The third-order valence-corrected chi connectivity index (χ3v) is 5.46. The predicted octanol–water partition coefficient (Wildman–Crippen LogP) is 8.08. The molecule has 0 saturated carbocycles. The molecule has 4 aromatic carbocycles. The van der Waals surface area contributed by atoms with Crippen LogP contribution in [0.3, 0.4) is 0 Å². The molecule has 0 spiro atoms.